The van der Waals surface area contributed by atoms with E-state index in [9.17, 15) is 0 Å². The van der Waals surface area contributed by atoms with Gasteiger partial charge in [0.1, 0.15) is 18.2 Å². The standard InChI is InChI=1S/C15H26N4O/c1-4-5-13-14(19-16)17-9-18-15(13)20-12-7-10(2)6-11(3)8-12/h9-12H,4-8,16H2,1-3H3,(H,17,18,19). The highest BCUT2D eigenvalue weighted by Gasteiger charge is 2.26. The molecular weight excluding hydrogens is 252 g/mol. The minimum atomic E-state index is 0.255. The largest absolute Gasteiger partial charge is 0.474 e. The monoisotopic (exact) mass is 278 g/mol. The van der Waals surface area contributed by atoms with Crippen molar-refractivity contribution in [2.24, 2.45) is 17.7 Å². The van der Waals surface area contributed by atoms with Gasteiger partial charge in [-0.1, -0.05) is 27.2 Å². The summed E-state index contributed by atoms with van der Waals surface area (Å²) in [5, 5.41) is 0. The van der Waals surface area contributed by atoms with E-state index in [0.29, 0.717) is 23.5 Å². The molecule has 0 aromatic carbocycles. The minimum Gasteiger partial charge on any atom is -0.474 e. The Morgan fingerprint density at radius 3 is 2.55 bits per heavy atom. The number of hydrogen-bond donors (Lipinski definition) is 2. The van der Waals surface area contributed by atoms with Crippen molar-refractivity contribution in [3.63, 3.8) is 0 Å². The summed E-state index contributed by atoms with van der Waals surface area (Å²) >= 11 is 0. The molecule has 2 atom stereocenters. The van der Waals surface area contributed by atoms with Crippen LogP contribution in [0.5, 0.6) is 5.88 Å². The van der Waals surface area contributed by atoms with Crippen LogP contribution in [0, 0.1) is 11.8 Å². The molecule has 1 fully saturated rings. The van der Waals surface area contributed by atoms with E-state index in [-0.39, 0.29) is 6.10 Å². The summed E-state index contributed by atoms with van der Waals surface area (Å²) in [6.45, 7) is 6.72. The Labute approximate surface area is 121 Å². The molecular formula is C15H26N4O. The van der Waals surface area contributed by atoms with Crippen LogP contribution in [0.4, 0.5) is 5.82 Å². The number of aromatic nitrogens is 2. The van der Waals surface area contributed by atoms with Crippen LogP contribution < -0.4 is 16.0 Å². The molecule has 1 aromatic heterocycles. The Morgan fingerprint density at radius 2 is 1.95 bits per heavy atom. The zero-order chi connectivity index (χ0) is 14.5. The van der Waals surface area contributed by atoms with Crippen molar-refractivity contribution in [2.75, 3.05) is 5.43 Å². The normalized spacial score (nSPS) is 26.3. The van der Waals surface area contributed by atoms with Crippen molar-refractivity contribution in [3.8, 4) is 5.88 Å². The second-order valence-corrected chi connectivity index (χ2v) is 6.06. The molecule has 2 rings (SSSR count). The van der Waals surface area contributed by atoms with Crippen LogP contribution in [0.3, 0.4) is 0 Å². The summed E-state index contributed by atoms with van der Waals surface area (Å²) in [5.41, 5.74) is 3.63. The minimum absolute atomic E-state index is 0.255. The van der Waals surface area contributed by atoms with Gasteiger partial charge in [0.05, 0.1) is 5.56 Å². The molecule has 112 valence electrons. The van der Waals surface area contributed by atoms with Gasteiger partial charge in [0.25, 0.3) is 0 Å². The first-order chi connectivity index (χ1) is 9.63. The van der Waals surface area contributed by atoms with Crippen LogP contribution in [-0.4, -0.2) is 16.1 Å². The molecule has 0 aliphatic heterocycles. The number of anilines is 1. The number of rotatable bonds is 5. The fourth-order valence-corrected chi connectivity index (χ4v) is 3.22. The predicted octanol–water partition coefficient (Wildman–Crippen LogP) is 2.92. The molecule has 2 unspecified atom stereocenters. The number of nitrogens with zero attached hydrogens (tertiary/aromatic N) is 2. The SMILES string of the molecule is CCCc1c(NN)ncnc1OC1CC(C)CC(C)C1. The van der Waals surface area contributed by atoms with Crippen molar-refractivity contribution in [1.29, 1.82) is 0 Å². The van der Waals surface area contributed by atoms with E-state index >= 15 is 0 Å². The third-order valence-electron chi connectivity index (χ3n) is 3.96. The van der Waals surface area contributed by atoms with Gasteiger partial charge in [0, 0.05) is 0 Å². The predicted molar refractivity (Wildman–Crippen MR) is 80.4 cm³/mol. The van der Waals surface area contributed by atoms with E-state index in [1.807, 2.05) is 0 Å². The van der Waals surface area contributed by atoms with Crippen LogP contribution >= 0.6 is 0 Å². The van der Waals surface area contributed by atoms with E-state index in [1.165, 1.54) is 12.7 Å². The van der Waals surface area contributed by atoms with Gasteiger partial charge in [-0.25, -0.2) is 15.8 Å². The fourth-order valence-electron chi connectivity index (χ4n) is 3.22. The molecule has 5 heteroatoms. The maximum atomic E-state index is 6.18. The molecule has 3 N–H and O–H groups in total. The molecule has 1 aromatic rings. The lowest BCUT2D eigenvalue weighted by Crippen LogP contribution is -2.29. The molecule has 0 bridgehead atoms. The van der Waals surface area contributed by atoms with Crippen molar-refractivity contribution in [1.82, 2.24) is 9.97 Å². The number of hydrogen-bond acceptors (Lipinski definition) is 5. The molecule has 1 aliphatic rings. The molecule has 0 radical (unpaired) electrons. The first kappa shape index (κ1) is 15.0. The van der Waals surface area contributed by atoms with Gasteiger partial charge in [0.15, 0.2) is 0 Å². The molecule has 1 saturated carbocycles. The van der Waals surface area contributed by atoms with Crippen LogP contribution in [0.2, 0.25) is 0 Å². The summed E-state index contributed by atoms with van der Waals surface area (Å²) < 4.78 is 6.18. The molecule has 0 spiro atoms. The van der Waals surface area contributed by atoms with E-state index in [2.05, 4.69) is 36.2 Å². The van der Waals surface area contributed by atoms with E-state index in [4.69, 9.17) is 10.6 Å². The average molecular weight is 278 g/mol. The number of hydrazine groups is 1. The first-order valence-electron chi connectivity index (χ1n) is 7.61. The first-order valence-corrected chi connectivity index (χ1v) is 7.61. The van der Waals surface area contributed by atoms with Gasteiger partial charge in [-0.2, -0.15) is 0 Å². The molecule has 1 heterocycles. The topological polar surface area (TPSA) is 73.1 Å². The van der Waals surface area contributed by atoms with Crippen LogP contribution in [0.1, 0.15) is 52.0 Å². The zero-order valence-electron chi connectivity index (χ0n) is 12.7. The Balaban J connectivity index is 2.15. The number of nitrogens with two attached hydrogens (primary N) is 1. The van der Waals surface area contributed by atoms with Crippen molar-refractivity contribution in [2.45, 2.75) is 59.0 Å². The van der Waals surface area contributed by atoms with Crippen molar-refractivity contribution >= 4 is 5.82 Å². The summed E-state index contributed by atoms with van der Waals surface area (Å²) in [7, 11) is 0. The molecule has 20 heavy (non-hydrogen) atoms. The van der Waals surface area contributed by atoms with Crippen molar-refractivity contribution < 1.29 is 4.74 Å². The smallest absolute Gasteiger partial charge is 0.222 e. The summed E-state index contributed by atoms with van der Waals surface area (Å²) in [4.78, 5) is 8.49. The van der Waals surface area contributed by atoms with Gasteiger partial charge >= 0.3 is 0 Å². The number of nitrogen functional groups attached to an aromatic ring is 1. The fraction of sp³-hybridized carbons (Fsp3) is 0.733. The van der Waals surface area contributed by atoms with E-state index in [1.54, 1.807) is 0 Å². The van der Waals surface area contributed by atoms with Crippen LogP contribution in [0.15, 0.2) is 6.33 Å². The Bertz CT molecular complexity index is 428. The van der Waals surface area contributed by atoms with E-state index in [0.717, 1.165) is 31.2 Å². The average Bonchev–Trinajstić information content (AvgIpc) is 2.39. The second kappa shape index (κ2) is 6.88. The van der Waals surface area contributed by atoms with Crippen LogP contribution in [-0.2, 0) is 6.42 Å². The highest BCUT2D eigenvalue weighted by molar-refractivity contribution is 5.47. The van der Waals surface area contributed by atoms with Gasteiger partial charge in [-0.15, -0.1) is 0 Å². The zero-order valence-corrected chi connectivity index (χ0v) is 12.7. The third-order valence-corrected chi connectivity index (χ3v) is 3.96. The van der Waals surface area contributed by atoms with Crippen molar-refractivity contribution in [3.05, 3.63) is 11.9 Å². The Kier molecular flexibility index (Phi) is 5.17. The molecule has 5 nitrogen and oxygen atoms in total. The maximum Gasteiger partial charge on any atom is 0.222 e. The summed E-state index contributed by atoms with van der Waals surface area (Å²) in [6.07, 6.45) is 7.14. The number of ether oxygens (including phenoxy) is 1. The van der Waals surface area contributed by atoms with Crippen LogP contribution in [0.25, 0.3) is 0 Å². The third kappa shape index (κ3) is 3.60. The second-order valence-electron chi connectivity index (χ2n) is 6.06. The summed E-state index contributed by atoms with van der Waals surface area (Å²) in [6, 6.07) is 0. The Hall–Kier alpha value is -1.36. The molecule has 0 amide bonds. The van der Waals surface area contributed by atoms with E-state index < -0.39 is 0 Å². The quantitative estimate of drug-likeness (QED) is 0.640. The Morgan fingerprint density at radius 1 is 1.25 bits per heavy atom. The molecule has 1 aliphatic carbocycles. The van der Waals surface area contributed by atoms with Gasteiger partial charge in [-0.05, 0) is 37.5 Å². The van der Waals surface area contributed by atoms with Gasteiger partial charge in [-0.3, -0.25) is 0 Å². The maximum absolute atomic E-state index is 6.18. The number of nitrogens with one attached hydrogen (secondary N) is 1. The van der Waals surface area contributed by atoms with Gasteiger partial charge in [0.2, 0.25) is 5.88 Å². The lowest BCUT2D eigenvalue weighted by atomic mass is 9.82. The highest BCUT2D eigenvalue weighted by atomic mass is 16.5. The van der Waals surface area contributed by atoms with Gasteiger partial charge < -0.3 is 10.2 Å². The molecule has 0 saturated heterocycles. The highest BCUT2D eigenvalue weighted by Crippen LogP contribution is 2.32. The lowest BCUT2D eigenvalue weighted by molar-refractivity contribution is 0.0956. The lowest BCUT2D eigenvalue weighted by Gasteiger charge is -2.31. The summed E-state index contributed by atoms with van der Waals surface area (Å²) in [5.74, 6) is 8.33.